The molecule has 1 amide bonds. The van der Waals surface area contributed by atoms with Crippen molar-refractivity contribution >= 4 is 15.7 Å². The Hall–Kier alpha value is -2.34. The van der Waals surface area contributed by atoms with Crippen molar-refractivity contribution in [2.75, 3.05) is 18.1 Å². The zero-order chi connectivity index (χ0) is 19.3. The largest absolute Gasteiger partial charge is 0.493 e. The molecule has 0 bridgehead atoms. The molecule has 3 rings (SSSR count). The molecular weight excluding hydrogens is 362 g/mol. The first-order valence-electron chi connectivity index (χ1n) is 9.27. The van der Waals surface area contributed by atoms with Gasteiger partial charge in [-0.2, -0.15) is 0 Å². The van der Waals surface area contributed by atoms with Gasteiger partial charge in [0.15, 0.2) is 9.84 Å². The Kier molecular flexibility index (Phi) is 6.16. The molecule has 0 spiro atoms. The number of sulfone groups is 1. The summed E-state index contributed by atoms with van der Waals surface area (Å²) in [5.41, 5.74) is 1.45. The summed E-state index contributed by atoms with van der Waals surface area (Å²) in [4.78, 5) is 15.1. The fourth-order valence-corrected chi connectivity index (χ4v) is 5.03. The minimum atomic E-state index is -3.10. The van der Waals surface area contributed by atoms with Gasteiger partial charge in [-0.1, -0.05) is 49.4 Å². The van der Waals surface area contributed by atoms with E-state index >= 15 is 0 Å². The number of carbonyl (C=O) groups is 1. The summed E-state index contributed by atoms with van der Waals surface area (Å²) in [6.45, 7) is 2.91. The van der Waals surface area contributed by atoms with Gasteiger partial charge in [0.05, 0.1) is 23.7 Å². The molecule has 0 saturated carbocycles. The summed E-state index contributed by atoms with van der Waals surface area (Å²) < 4.78 is 29.8. The van der Waals surface area contributed by atoms with E-state index in [1.165, 1.54) is 0 Å². The average molecular weight is 388 g/mol. The number of rotatable bonds is 7. The highest BCUT2D eigenvalue weighted by Gasteiger charge is 2.35. The van der Waals surface area contributed by atoms with E-state index < -0.39 is 9.84 Å². The van der Waals surface area contributed by atoms with Crippen LogP contribution in [0.15, 0.2) is 54.6 Å². The Bertz CT molecular complexity index is 880. The lowest BCUT2D eigenvalue weighted by Crippen LogP contribution is -2.40. The van der Waals surface area contributed by atoms with Crippen LogP contribution in [0.2, 0.25) is 0 Å². The maximum Gasteiger partial charge on any atom is 0.258 e. The first-order valence-corrected chi connectivity index (χ1v) is 11.1. The van der Waals surface area contributed by atoms with Gasteiger partial charge in [0.25, 0.3) is 5.91 Å². The molecular formula is C21H25NO4S. The highest BCUT2D eigenvalue weighted by Crippen LogP contribution is 2.26. The van der Waals surface area contributed by atoms with Crippen molar-refractivity contribution in [1.82, 2.24) is 4.90 Å². The minimum absolute atomic E-state index is 0.0174. The molecule has 144 valence electrons. The number of para-hydroxylation sites is 1. The molecule has 1 aliphatic rings. The number of nitrogens with zero attached hydrogens (tertiary/aromatic N) is 1. The number of amides is 1. The van der Waals surface area contributed by atoms with E-state index in [2.05, 4.69) is 0 Å². The molecule has 5 nitrogen and oxygen atoms in total. The number of hydrogen-bond donors (Lipinski definition) is 0. The zero-order valence-corrected chi connectivity index (χ0v) is 16.3. The third-order valence-corrected chi connectivity index (χ3v) is 6.44. The van der Waals surface area contributed by atoms with E-state index in [9.17, 15) is 13.2 Å². The molecule has 1 fully saturated rings. The van der Waals surface area contributed by atoms with Crippen molar-refractivity contribution in [3.63, 3.8) is 0 Å². The quantitative estimate of drug-likeness (QED) is 0.731. The summed E-state index contributed by atoms with van der Waals surface area (Å²) in [5, 5.41) is 0. The molecule has 6 heteroatoms. The first kappa shape index (κ1) is 19.4. The Labute approximate surface area is 160 Å². The summed E-state index contributed by atoms with van der Waals surface area (Å²) in [6.07, 6.45) is 1.32. The molecule has 1 saturated heterocycles. The van der Waals surface area contributed by atoms with Gasteiger partial charge in [0.2, 0.25) is 0 Å². The lowest BCUT2D eigenvalue weighted by molar-refractivity contribution is 0.0676. The van der Waals surface area contributed by atoms with Gasteiger partial charge in [-0.05, 0) is 30.5 Å². The topological polar surface area (TPSA) is 63.7 Å². The predicted octanol–water partition coefficient (Wildman–Crippen LogP) is 3.30. The molecule has 0 N–H and O–H groups in total. The van der Waals surface area contributed by atoms with Gasteiger partial charge in [-0.15, -0.1) is 0 Å². The van der Waals surface area contributed by atoms with Crippen LogP contribution in [0, 0.1) is 0 Å². The van der Waals surface area contributed by atoms with Crippen LogP contribution in [0.3, 0.4) is 0 Å². The monoisotopic (exact) mass is 387 g/mol. The first-order chi connectivity index (χ1) is 13.0. The van der Waals surface area contributed by atoms with Crippen LogP contribution in [-0.2, 0) is 16.4 Å². The second-order valence-electron chi connectivity index (χ2n) is 6.82. The molecule has 2 aromatic carbocycles. The van der Waals surface area contributed by atoms with Crippen molar-refractivity contribution in [3.05, 3.63) is 65.7 Å². The van der Waals surface area contributed by atoms with Crippen molar-refractivity contribution in [1.29, 1.82) is 0 Å². The SMILES string of the molecule is CCCOc1ccccc1C(=O)N(Cc1ccccc1)C1CCS(=O)(=O)C1. The van der Waals surface area contributed by atoms with Gasteiger partial charge in [-0.25, -0.2) is 8.42 Å². The summed E-state index contributed by atoms with van der Waals surface area (Å²) in [6, 6.07) is 16.5. The number of benzene rings is 2. The van der Waals surface area contributed by atoms with E-state index in [0.29, 0.717) is 30.9 Å². The van der Waals surface area contributed by atoms with Crippen LogP contribution in [0.25, 0.3) is 0 Å². The number of carbonyl (C=O) groups excluding carboxylic acids is 1. The molecule has 0 radical (unpaired) electrons. The molecule has 1 heterocycles. The highest BCUT2D eigenvalue weighted by molar-refractivity contribution is 7.91. The third-order valence-electron chi connectivity index (χ3n) is 4.68. The molecule has 0 aromatic heterocycles. The number of ether oxygens (including phenoxy) is 1. The third kappa shape index (κ3) is 4.89. The fourth-order valence-electron chi connectivity index (χ4n) is 3.30. The Morgan fingerprint density at radius 2 is 1.81 bits per heavy atom. The second-order valence-corrected chi connectivity index (χ2v) is 9.05. The lowest BCUT2D eigenvalue weighted by atomic mass is 10.1. The van der Waals surface area contributed by atoms with Crippen LogP contribution in [0.1, 0.15) is 35.7 Å². The van der Waals surface area contributed by atoms with Gasteiger partial charge in [0.1, 0.15) is 5.75 Å². The molecule has 0 aliphatic carbocycles. The van der Waals surface area contributed by atoms with Crippen LogP contribution in [-0.4, -0.2) is 43.4 Å². The second kappa shape index (κ2) is 8.57. The Balaban J connectivity index is 1.91. The minimum Gasteiger partial charge on any atom is -0.493 e. The number of hydrogen-bond acceptors (Lipinski definition) is 4. The molecule has 2 aromatic rings. The smallest absolute Gasteiger partial charge is 0.258 e. The maximum atomic E-state index is 13.4. The van der Waals surface area contributed by atoms with E-state index in [1.54, 1.807) is 23.1 Å². The molecule has 1 aliphatic heterocycles. The normalized spacial score (nSPS) is 18.2. The Morgan fingerprint density at radius 1 is 1.11 bits per heavy atom. The molecule has 1 unspecified atom stereocenters. The average Bonchev–Trinajstić information content (AvgIpc) is 3.04. The summed E-state index contributed by atoms with van der Waals surface area (Å²) in [7, 11) is -3.10. The van der Waals surface area contributed by atoms with Gasteiger partial charge in [-0.3, -0.25) is 4.79 Å². The van der Waals surface area contributed by atoms with Gasteiger partial charge < -0.3 is 9.64 Å². The van der Waals surface area contributed by atoms with Crippen molar-refractivity contribution in [2.45, 2.75) is 32.4 Å². The van der Waals surface area contributed by atoms with Crippen molar-refractivity contribution in [3.8, 4) is 5.75 Å². The van der Waals surface area contributed by atoms with Gasteiger partial charge >= 0.3 is 0 Å². The van der Waals surface area contributed by atoms with Crippen LogP contribution >= 0.6 is 0 Å². The Morgan fingerprint density at radius 3 is 2.48 bits per heavy atom. The van der Waals surface area contributed by atoms with Crippen LogP contribution in [0.5, 0.6) is 5.75 Å². The van der Waals surface area contributed by atoms with Crippen LogP contribution in [0.4, 0.5) is 0 Å². The van der Waals surface area contributed by atoms with E-state index in [4.69, 9.17) is 4.74 Å². The van der Waals surface area contributed by atoms with E-state index in [0.717, 1.165) is 12.0 Å². The summed E-state index contributed by atoms with van der Waals surface area (Å²) >= 11 is 0. The van der Waals surface area contributed by atoms with Crippen molar-refractivity contribution in [2.24, 2.45) is 0 Å². The standard InChI is InChI=1S/C21H25NO4S/c1-2-13-26-20-11-7-6-10-19(20)21(23)22(15-17-8-4-3-5-9-17)18-12-14-27(24,25)16-18/h3-11,18H,2,12-16H2,1H3. The summed E-state index contributed by atoms with van der Waals surface area (Å²) in [5.74, 6) is 0.504. The highest BCUT2D eigenvalue weighted by atomic mass is 32.2. The maximum absolute atomic E-state index is 13.4. The van der Waals surface area contributed by atoms with Crippen molar-refractivity contribution < 1.29 is 17.9 Å². The zero-order valence-electron chi connectivity index (χ0n) is 15.5. The lowest BCUT2D eigenvalue weighted by Gasteiger charge is -2.29. The van der Waals surface area contributed by atoms with Crippen LogP contribution < -0.4 is 4.74 Å². The molecule has 1 atom stereocenters. The van der Waals surface area contributed by atoms with E-state index in [-0.39, 0.29) is 23.5 Å². The van der Waals surface area contributed by atoms with Gasteiger partial charge in [0, 0.05) is 12.6 Å². The molecule has 27 heavy (non-hydrogen) atoms. The fraction of sp³-hybridized carbons (Fsp3) is 0.381. The predicted molar refractivity (Wildman–Crippen MR) is 106 cm³/mol. The van der Waals surface area contributed by atoms with E-state index in [1.807, 2.05) is 43.3 Å².